The highest BCUT2D eigenvalue weighted by molar-refractivity contribution is 5.37. The van der Waals surface area contributed by atoms with Crippen LogP contribution in [0.1, 0.15) is 13.8 Å². The third-order valence-corrected chi connectivity index (χ3v) is 3.01. The van der Waals surface area contributed by atoms with Gasteiger partial charge in [0.15, 0.2) is 0 Å². The SMILES string of the molecule is CC(C)C1CN(c2ccnc(=O)[nH]2)CCN1. The Hall–Kier alpha value is -1.36. The van der Waals surface area contributed by atoms with Gasteiger partial charge in [-0.1, -0.05) is 13.8 Å². The topological polar surface area (TPSA) is 61.0 Å². The van der Waals surface area contributed by atoms with Crippen molar-refractivity contribution in [3.05, 3.63) is 22.7 Å². The maximum absolute atomic E-state index is 11.1. The fourth-order valence-corrected chi connectivity index (χ4v) is 1.99. The van der Waals surface area contributed by atoms with Crippen molar-refractivity contribution in [2.45, 2.75) is 19.9 Å². The van der Waals surface area contributed by atoms with Gasteiger partial charge in [0.1, 0.15) is 5.82 Å². The Morgan fingerprint density at radius 1 is 1.56 bits per heavy atom. The standard InChI is InChI=1S/C11H18N4O/c1-8(2)9-7-15(6-5-12-9)10-3-4-13-11(16)14-10/h3-4,8-9,12H,5-7H2,1-2H3,(H,13,14,16). The first-order valence-corrected chi connectivity index (χ1v) is 5.70. The van der Waals surface area contributed by atoms with Crippen molar-refractivity contribution in [1.29, 1.82) is 0 Å². The van der Waals surface area contributed by atoms with Crippen molar-refractivity contribution in [3.8, 4) is 0 Å². The summed E-state index contributed by atoms with van der Waals surface area (Å²) in [7, 11) is 0. The molecule has 5 heteroatoms. The highest BCUT2D eigenvalue weighted by Crippen LogP contribution is 2.13. The van der Waals surface area contributed by atoms with Crippen LogP contribution in [-0.2, 0) is 0 Å². The largest absolute Gasteiger partial charge is 0.355 e. The van der Waals surface area contributed by atoms with Gasteiger partial charge in [-0.25, -0.2) is 9.78 Å². The molecule has 1 unspecified atom stereocenters. The molecule has 0 spiro atoms. The van der Waals surface area contributed by atoms with E-state index in [0.717, 1.165) is 25.5 Å². The van der Waals surface area contributed by atoms with Crippen LogP contribution in [0.25, 0.3) is 0 Å². The maximum Gasteiger partial charge on any atom is 0.346 e. The summed E-state index contributed by atoms with van der Waals surface area (Å²) in [5.74, 6) is 1.46. The van der Waals surface area contributed by atoms with Crippen molar-refractivity contribution in [2.24, 2.45) is 5.92 Å². The second kappa shape index (κ2) is 4.65. The summed E-state index contributed by atoms with van der Waals surface area (Å²) in [5, 5.41) is 3.48. The first-order chi connectivity index (χ1) is 7.66. The van der Waals surface area contributed by atoms with Crippen molar-refractivity contribution in [2.75, 3.05) is 24.5 Å². The van der Waals surface area contributed by atoms with E-state index in [4.69, 9.17) is 0 Å². The molecule has 5 nitrogen and oxygen atoms in total. The fraction of sp³-hybridized carbons (Fsp3) is 0.636. The predicted octanol–water partition coefficient (Wildman–Crippen LogP) is 0.204. The van der Waals surface area contributed by atoms with Crippen molar-refractivity contribution in [1.82, 2.24) is 15.3 Å². The Morgan fingerprint density at radius 3 is 3.06 bits per heavy atom. The first-order valence-electron chi connectivity index (χ1n) is 5.70. The zero-order chi connectivity index (χ0) is 11.5. The van der Waals surface area contributed by atoms with Crippen LogP contribution in [-0.4, -0.2) is 35.6 Å². The van der Waals surface area contributed by atoms with E-state index in [0.29, 0.717) is 12.0 Å². The number of nitrogens with zero attached hydrogens (tertiary/aromatic N) is 2. The van der Waals surface area contributed by atoms with Gasteiger partial charge in [-0.3, -0.25) is 4.98 Å². The average Bonchev–Trinajstić information content (AvgIpc) is 2.29. The van der Waals surface area contributed by atoms with Crippen LogP contribution in [0.5, 0.6) is 0 Å². The molecule has 1 aromatic heterocycles. The van der Waals surface area contributed by atoms with E-state index in [-0.39, 0.29) is 5.69 Å². The molecule has 0 saturated carbocycles. The average molecular weight is 222 g/mol. The highest BCUT2D eigenvalue weighted by Gasteiger charge is 2.22. The van der Waals surface area contributed by atoms with Crippen LogP contribution < -0.4 is 15.9 Å². The van der Waals surface area contributed by atoms with Gasteiger partial charge in [0.05, 0.1) is 0 Å². The Kier molecular flexibility index (Phi) is 3.24. The summed E-state index contributed by atoms with van der Waals surface area (Å²) >= 11 is 0. The predicted molar refractivity (Wildman–Crippen MR) is 63.7 cm³/mol. The zero-order valence-corrected chi connectivity index (χ0v) is 9.73. The molecule has 0 amide bonds. The van der Waals surface area contributed by atoms with Crippen LogP contribution >= 0.6 is 0 Å². The number of hydrogen-bond donors (Lipinski definition) is 2. The number of rotatable bonds is 2. The van der Waals surface area contributed by atoms with Crippen LogP contribution in [0, 0.1) is 5.92 Å². The lowest BCUT2D eigenvalue weighted by Gasteiger charge is -2.36. The molecule has 1 aliphatic rings. The van der Waals surface area contributed by atoms with Gasteiger partial charge < -0.3 is 10.2 Å². The van der Waals surface area contributed by atoms with E-state index in [9.17, 15) is 4.79 Å². The second-order valence-electron chi connectivity index (χ2n) is 4.51. The number of H-pyrrole nitrogens is 1. The third-order valence-electron chi connectivity index (χ3n) is 3.01. The number of hydrogen-bond acceptors (Lipinski definition) is 4. The molecule has 0 radical (unpaired) electrons. The molecular formula is C11H18N4O. The molecule has 1 aromatic rings. The molecule has 1 aliphatic heterocycles. The van der Waals surface area contributed by atoms with E-state index in [1.807, 2.05) is 6.07 Å². The van der Waals surface area contributed by atoms with Gasteiger partial charge in [0, 0.05) is 31.9 Å². The molecule has 16 heavy (non-hydrogen) atoms. The smallest absolute Gasteiger partial charge is 0.346 e. The monoisotopic (exact) mass is 222 g/mol. The fourth-order valence-electron chi connectivity index (χ4n) is 1.99. The minimum atomic E-state index is -0.280. The molecule has 2 rings (SSSR count). The van der Waals surface area contributed by atoms with Crippen molar-refractivity contribution < 1.29 is 0 Å². The van der Waals surface area contributed by atoms with Gasteiger partial charge in [-0.2, -0.15) is 0 Å². The summed E-state index contributed by atoms with van der Waals surface area (Å²) in [5.41, 5.74) is -0.280. The van der Waals surface area contributed by atoms with Gasteiger partial charge in [-0.15, -0.1) is 0 Å². The molecule has 2 heterocycles. The summed E-state index contributed by atoms with van der Waals surface area (Å²) in [6, 6.07) is 2.33. The second-order valence-corrected chi connectivity index (χ2v) is 4.51. The molecule has 0 aliphatic carbocycles. The molecule has 1 atom stereocenters. The maximum atomic E-state index is 11.1. The lowest BCUT2D eigenvalue weighted by atomic mass is 10.0. The summed E-state index contributed by atoms with van der Waals surface area (Å²) in [6.45, 7) is 7.21. The van der Waals surface area contributed by atoms with Crippen molar-refractivity contribution in [3.63, 3.8) is 0 Å². The van der Waals surface area contributed by atoms with Crippen LogP contribution in [0.3, 0.4) is 0 Å². The molecule has 0 aromatic carbocycles. The van der Waals surface area contributed by atoms with Gasteiger partial charge in [-0.05, 0) is 12.0 Å². The molecule has 2 N–H and O–H groups in total. The number of aromatic amines is 1. The zero-order valence-electron chi connectivity index (χ0n) is 9.73. The van der Waals surface area contributed by atoms with E-state index in [1.54, 1.807) is 6.20 Å². The summed E-state index contributed by atoms with van der Waals surface area (Å²) in [4.78, 5) is 19.7. The normalized spacial score (nSPS) is 21.4. The lowest BCUT2D eigenvalue weighted by molar-refractivity contribution is 0.367. The van der Waals surface area contributed by atoms with E-state index in [2.05, 4.69) is 34.0 Å². The Balaban J connectivity index is 2.12. The number of aromatic nitrogens is 2. The van der Waals surface area contributed by atoms with Crippen molar-refractivity contribution >= 4 is 5.82 Å². The number of piperazine rings is 1. The first kappa shape index (κ1) is 11.1. The summed E-state index contributed by atoms with van der Waals surface area (Å²) in [6.07, 6.45) is 1.56. The lowest BCUT2D eigenvalue weighted by Crippen LogP contribution is -2.53. The Bertz CT molecular complexity index is 401. The minimum absolute atomic E-state index is 0.280. The minimum Gasteiger partial charge on any atom is -0.355 e. The van der Waals surface area contributed by atoms with E-state index >= 15 is 0 Å². The van der Waals surface area contributed by atoms with Gasteiger partial charge in [0.2, 0.25) is 0 Å². The molecule has 0 bridgehead atoms. The van der Waals surface area contributed by atoms with E-state index in [1.165, 1.54) is 0 Å². The van der Waals surface area contributed by atoms with E-state index < -0.39 is 0 Å². The Morgan fingerprint density at radius 2 is 2.38 bits per heavy atom. The van der Waals surface area contributed by atoms with Crippen LogP contribution in [0.2, 0.25) is 0 Å². The molecule has 1 fully saturated rings. The van der Waals surface area contributed by atoms with Crippen LogP contribution in [0.15, 0.2) is 17.1 Å². The molecular weight excluding hydrogens is 204 g/mol. The van der Waals surface area contributed by atoms with Gasteiger partial charge in [0.25, 0.3) is 0 Å². The Labute approximate surface area is 94.9 Å². The number of anilines is 1. The third kappa shape index (κ3) is 2.41. The number of nitrogens with one attached hydrogen (secondary N) is 2. The summed E-state index contributed by atoms with van der Waals surface area (Å²) < 4.78 is 0. The molecule has 1 saturated heterocycles. The quantitative estimate of drug-likeness (QED) is 0.750. The molecule has 88 valence electrons. The van der Waals surface area contributed by atoms with Crippen LogP contribution in [0.4, 0.5) is 5.82 Å². The highest BCUT2D eigenvalue weighted by atomic mass is 16.1. The van der Waals surface area contributed by atoms with Gasteiger partial charge >= 0.3 is 5.69 Å².